The van der Waals surface area contributed by atoms with Crippen LogP contribution < -0.4 is 10.1 Å². The fraction of sp³-hybridized carbons (Fsp3) is 0.267. The summed E-state index contributed by atoms with van der Waals surface area (Å²) in [6.45, 7) is 2.48. The van der Waals surface area contributed by atoms with Crippen LogP contribution in [0.15, 0.2) is 24.3 Å². The van der Waals surface area contributed by atoms with E-state index in [-0.39, 0.29) is 11.8 Å². The minimum absolute atomic E-state index is 0.00275. The number of aromatic nitrogens is 2. The maximum absolute atomic E-state index is 12.2. The number of nitrogens with one attached hydrogen (secondary N) is 2. The zero-order valence-corrected chi connectivity index (χ0v) is 12.3. The van der Waals surface area contributed by atoms with E-state index in [0.717, 1.165) is 11.3 Å². The lowest BCUT2D eigenvalue weighted by atomic mass is 10.2. The van der Waals surface area contributed by atoms with E-state index in [4.69, 9.17) is 4.74 Å². The van der Waals surface area contributed by atoms with Gasteiger partial charge in [-0.1, -0.05) is 0 Å². The van der Waals surface area contributed by atoms with E-state index in [1.54, 1.807) is 36.3 Å². The Kier molecular flexibility index (Phi) is 3.54. The van der Waals surface area contributed by atoms with Crippen LogP contribution >= 0.6 is 0 Å². The number of amides is 2. The number of methoxy groups -OCH3 is 1. The monoisotopic (exact) mass is 300 g/mol. The molecule has 0 unspecified atom stereocenters. The first-order valence-electron chi connectivity index (χ1n) is 6.85. The van der Waals surface area contributed by atoms with Crippen molar-refractivity contribution in [2.45, 2.75) is 20.0 Å². The van der Waals surface area contributed by atoms with Crippen LogP contribution in [0.25, 0.3) is 0 Å². The number of rotatable bonds is 3. The summed E-state index contributed by atoms with van der Waals surface area (Å²) in [5.74, 6) is 0.907. The molecular formula is C15H16N4O3. The molecule has 0 atom stereocenters. The molecule has 0 saturated carbocycles. The van der Waals surface area contributed by atoms with E-state index in [9.17, 15) is 9.59 Å². The predicted molar refractivity (Wildman–Crippen MR) is 79.5 cm³/mol. The molecule has 0 fully saturated rings. The van der Waals surface area contributed by atoms with Crippen LogP contribution in [-0.2, 0) is 17.9 Å². The Hall–Kier alpha value is -2.83. The lowest BCUT2D eigenvalue weighted by Gasteiger charge is -2.12. The van der Waals surface area contributed by atoms with Crippen LogP contribution in [-0.4, -0.2) is 34.0 Å². The first-order valence-corrected chi connectivity index (χ1v) is 6.85. The number of aromatic amines is 1. The summed E-state index contributed by atoms with van der Waals surface area (Å²) >= 11 is 0. The maximum Gasteiger partial charge on any atom is 0.256 e. The number of anilines is 1. The molecule has 2 aromatic rings. The second kappa shape index (κ2) is 5.51. The van der Waals surface area contributed by atoms with E-state index in [0.29, 0.717) is 30.2 Å². The SMILES string of the molecule is COc1ccc(C(=O)Nc2n[nH]c3c2CN(C(C)=O)C3)cc1. The van der Waals surface area contributed by atoms with Crippen molar-refractivity contribution in [1.82, 2.24) is 15.1 Å². The molecule has 0 bridgehead atoms. The number of nitrogens with zero attached hydrogens (tertiary/aromatic N) is 2. The molecule has 1 aliphatic heterocycles. The molecule has 2 heterocycles. The number of carbonyl (C=O) groups excluding carboxylic acids is 2. The largest absolute Gasteiger partial charge is 0.497 e. The summed E-state index contributed by atoms with van der Waals surface area (Å²) in [6, 6.07) is 6.81. The fourth-order valence-corrected chi connectivity index (χ4v) is 2.39. The predicted octanol–water partition coefficient (Wildman–Crippen LogP) is 1.53. The van der Waals surface area contributed by atoms with Crippen LogP contribution in [0.2, 0.25) is 0 Å². The van der Waals surface area contributed by atoms with Gasteiger partial charge < -0.3 is 15.0 Å². The first-order chi connectivity index (χ1) is 10.6. The molecule has 22 heavy (non-hydrogen) atoms. The van der Waals surface area contributed by atoms with Crippen molar-refractivity contribution < 1.29 is 14.3 Å². The van der Waals surface area contributed by atoms with Gasteiger partial charge in [0.25, 0.3) is 5.91 Å². The Morgan fingerprint density at radius 1 is 1.27 bits per heavy atom. The summed E-state index contributed by atoms with van der Waals surface area (Å²) in [7, 11) is 1.57. The van der Waals surface area contributed by atoms with Gasteiger partial charge in [0.05, 0.1) is 25.9 Å². The highest BCUT2D eigenvalue weighted by Gasteiger charge is 2.27. The third-order valence-corrected chi connectivity index (χ3v) is 3.68. The Morgan fingerprint density at radius 2 is 2.00 bits per heavy atom. The van der Waals surface area contributed by atoms with Gasteiger partial charge in [-0.3, -0.25) is 14.7 Å². The van der Waals surface area contributed by atoms with Crippen molar-refractivity contribution in [3.05, 3.63) is 41.1 Å². The van der Waals surface area contributed by atoms with Crippen molar-refractivity contribution in [3.8, 4) is 5.75 Å². The van der Waals surface area contributed by atoms with Crippen LogP contribution in [0.3, 0.4) is 0 Å². The van der Waals surface area contributed by atoms with Crippen LogP contribution in [0.4, 0.5) is 5.82 Å². The molecule has 1 aliphatic rings. The molecule has 2 amide bonds. The van der Waals surface area contributed by atoms with E-state index < -0.39 is 0 Å². The maximum atomic E-state index is 12.2. The van der Waals surface area contributed by atoms with Crippen LogP contribution in [0.1, 0.15) is 28.5 Å². The number of benzene rings is 1. The van der Waals surface area contributed by atoms with Gasteiger partial charge >= 0.3 is 0 Å². The molecular weight excluding hydrogens is 284 g/mol. The van der Waals surface area contributed by atoms with Gasteiger partial charge in [0, 0.05) is 18.1 Å². The average molecular weight is 300 g/mol. The summed E-state index contributed by atoms with van der Waals surface area (Å²) in [5.41, 5.74) is 2.23. The second-order valence-electron chi connectivity index (χ2n) is 5.09. The molecule has 1 aromatic carbocycles. The fourth-order valence-electron chi connectivity index (χ4n) is 2.39. The zero-order chi connectivity index (χ0) is 15.7. The normalized spacial score (nSPS) is 12.9. The summed E-state index contributed by atoms with van der Waals surface area (Å²) in [5, 5.41) is 9.75. The number of hydrogen-bond donors (Lipinski definition) is 2. The minimum Gasteiger partial charge on any atom is -0.497 e. The molecule has 3 rings (SSSR count). The van der Waals surface area contributed by atoms with E-state index in [1.807, 2.05) is 0 Å². The topological polar surface area (TPSA) is 87.3 Å². The molecule has 114 valence electrons. The molecule has 0 saturated heterocycles. The molecule has 7 nitrogen and oxygen atoms in total. The van der Waals surface area contributed by atoms with Crippen molar-refractivity contribution in [2.24, 2.45) is 0 Å². The van der Waals surface area contributed by atoms with Crippen molar-refractivity contribution in [3.63, 3.8) is 0 Å². The van der Waals surface area contributed by atoms with Gasteiger partial charge in [0.15, 0.2) is 5.82 Å². The highest BCUT2D eigenvalue weighted by Crippen LogP contribution is 2.27. The molecule has 2 N–H and O–H groups in total. The molecule has 7 heteroatoms. The van der Waals surface area contributed by atoms with Gasteiger partial charge in [-0.15, -0.1) is 0 Å². The quantitative estimate of drug-likeness (QED) is 0.900. The van der Waals surface area contributed by atoms with E-state index in [1.165, 1.54) is 6.92 Å². The van der Waals surface area contributed by atoms with Gasteiger partial charge in [-0.2, -0.15) is 5.10 Å². The molecule has 0 spiro atoms. The number of H-pyrrole nitrogens is 1. The van der Waals surface area contributed by atoms with Crippen molar-refractivity contribution >= 4 is 17.6 Å². The standard InChI is InChI=1S/C15H16N4O3/c1-9(20)19-7-12-13(8-19)17-18-14(12)16-15(21)10-3-5-11(22-2)6-4-10/h3-6H,7-8H2,1-2H3,(H2,16,17,18,21). The highest BCUT2D eigenvalue weighted by atomic mass is 16.5. The lowest BCUT2D eigenvalue weighted by Crippen LogP contribution is -2.23. The van der Waals surface area contributed by atoms with Crippen molar-refractivity contribution in [2.75, 3.05) is 12.4 Å². The highest BCUT2D eigenvalue weighted by molar-refractivity contribution is 6.04. The van der Waals surface area contributed by atoms with Crippen molar-refractivity contribution in [1.29, 1.82) is 0 Å². The Morgan fingerprint density at radius 3 is 2.64 bits per heavy atom. The third kappa shape index (κ3) is 2.52. The molecule has 0 radical (unpaired) electrons. The van der Waals surface area contributed by atoms with Crippen LogP contribution in [0.5, 0.6) is 5.75 Å². The summed E-state index contributed by atoms with van der Waals surface area (Å²) in [4.78, 5) is 25.3. The number of hydrogen-bond acceptors (Lipinski definition) is 4. The summed E-state index contributed by atoms with van der Waals surface area (Å²) < 4.78 is 5.06. The first kappa shape index (κ1) is 14.1. The Balaban J connectivity index is 1.74. The molecule has 1 aromatic heterocycles. The smallest absolute Gasteiger partial charge is 0.256 e. The Labute approximate surface area is 127 Å². The van der Waals surface area contributed by atoms with E-state index in [2.05, 4.69) is 15.5 Å². The van der Waals surface area contributed by atoms with E-state index >= 15 is 0 Å². The molecule has 0 aliphatic carbocycles. The lowest BCUT2D eigenvalue weighted by molar-refractivity contribution is -0.129. The van der Waals surface area contributed by atoms with Gasteiger partial charge in [-0.25, -0.2) is 0 Å². The van der Waals surface area contributed by atoms with Crippen LogP contribution in [0, 0.1) is 0 Å². The van der Waals surface area contributed by atoms with Gasteiger partial charge in [-0.05, 0) is 24.3 Å². The minimum atomic E-state index is -0.252. The summed E-state index contributed by atoms with van der Waals surface area (Å²) in [6.07, 6.45) is 0. The third-order valence-electron chi connectivity index (χ3n) is 3.68. The zero-order valence-electron chi connectivity index (χ0n) is 12.3. The number of fused-ring (bicyclic) bond motifs is 1. The second-order valence-corrected chi connectivity index (χ2v) is 5.09. The van der Waals surface area contributed by atoms with Gasteiger partial charge in [0.2, 0.25) is 5.91 Å². The average Bonchev–Trinajstić information content (AvgIpc) is 3.09. The Bertz CT molecular complexity index is 721. The number of carbonyl (C=O) groups is 2. The number of ether oxygens (including phenoxy) is 1. The van der Waals surface area contributed by atoms with Gasteiger partial charge in [0.1, 0.15) is 5.75 Å².